The third kappa shape index (κ3) is 5.23. The molecule has 0 saturated carbocycles. The molecule has 0 heterocycles. The summed E-state index contributed by atoms with van der Waals surface area (Å²) in [4.78, 5) is 24.5. The lowest BCUT2D eigenvalue weighted by Crippen LogP contribution is -2.34. The van der Waals surface area contributed by atoms with Crippen LogP contribution in [0.5, 0.6) is 0 Å². The number of carbonyl (C=O) groups excluding carboxylic acids is 2. The quantitative estimate of drug-likeness (QED) is 0.660. The second-order valence-corrected chi connectivity index (χ2v) is 4.45. The van der Waals surface area contributed by atoms with Crippen molar-refractivity contribution in [2.45, 2.75) is 6.42 Å². The smallest absolute Gasteiger partial charge is 0.233 e. The van der Waals surface area contributed by atoms with Crippen molar-refractivity contribution in [3.63, 3.8) is 0 Å². The molecular weight excluding hydrogens is 263 g/mol. The Bertz CT molecular complexity index is 493. The Labute approximate surface area is 117 Å². The van der Waals surface area contributed by atoms with Gasteiger partial charge in [-0.25, -0.2) is 4.39 Å². The van der Waals surface area contributed by atoms with Crippen LogP contribution in [0.25, 0.3) is 0 Å². The van der Waals surface area contributed by atoms with Gasteiger partial charge in [-0.3, -0.25) is 14.5 Å². The fourth-order valence-corrected chi connectivity index (χ4v) is 1.55. The minimum absolute atomic E-state index is 0.0592. The number of nitrogens with one attached hydrogen (secondary N) is 2. The van der Waals surface area contributed by atoms with E-state index < -0.39 is 5.82 Å². The summed E-state index contributed by atoms with van der Waals surface area (Å²) in [6.07, 6.45) is 0.154. The lowest BCUT2D eigenvalue weighted by atomic mass is 10.2. The normalized spacial score (nSPS) is 10.4. The second-order valence-electron chi connectivity index (χ2n) is 4.45. The van der Waals surface area contributed by atoms with E-state index in [0.29, 0.717) is 12.2 Å². The fourth-order valence-electron chi connectivity index (χ4n) is 1.55. The highest BCUT2D eigenvalue weighted by Crippen LogP contribution is 2.17. The van der Waals surface area contributed by atoms with E-state index in [2.05, 4.69) is 10.6 Å². The van der Waals surface area contributed by atoms with Crippen LogP contribution in [-0.4, -0.2) is 43.9 Å². The zero-order chi connectivity index (χ0) is 15.1. The number of hydrogen-bond donors (Lipinski definition) is 3. The van der Waals surface area contributed by atoms with Crippen molar-refractivity contribution in [2.24, 2.45) is 0 Å². The van der Waals surface area contributed by atoms with Crippen LogP contribution in [0.1, 0.15) is 6.42 Å². The molecule has 1 aromatic rings. The van der Waals surface area contributed by atoms with E-state index >= 15 is 0 Å². The molecule has 0 saturated heterocycles. The Morgan fingerprint density at radius 1 is 1.35 bits per heavy atom. The first-order valence-corrected chi connectivity index (χ1v) is 6.16. The SMILES string of the molecule is CNC(=O)CN(C)CCC(=O)Nc1cc(N)ccc1F. The highest BCUT2D eigenvalue weighted by Gasteiger charge is 2.10. The Morgan fingerprint density at radius 2 is 2.05 bits per heavy atom. The molecule has 0 unspecified atom stereocenters. The molecule has 1 rings (SSSR count). The molecular formula is C13H19FN4O2. The third-order valence-corrected chi connectivity index (χ3v) is 2.68. The number of hydrogen-bond acceptors (Lipinski definition) is 4. The summed E-state index contributed by atoms with van der Waals surface area (Å²) < 4.78 is 13.4. The third-order valence-electron chi connectivity index (χ3n) is 2.68. The van der Waals surface area contributed by atoms with Crippen molar-refractivity contribution >= 4 is 23.2 Å². The van der Waals surface area contributed by atoms with Crippen LogP contribution in [0, 0.1) is 5.82 Å². The number of benzene rings is 1. The van der Waals surface area contributed by atoms with Crippen LogP contribution < -0.4 is 16.4 Å². The van der Waals surface area contributed by atoms with Crippen LogP contribution in [-0.2, 0) is 9.59 Å². The molecule has 0 aliphatic rings. The molecule has 0 radical (unpaired) electrons. The zero-order valence-electron chi connectivity index (χ0n) is 11.6. The van der Waals surface area contributed by atoms with Crippen LogP contribution in [0.4, 0.5) is 15.8 Å². The van der Waals surface area contributed by atoms with Crippen molar-refractivity contribution in [2.75, 3.05) is 38.2 Å². The molecule has 1 aromatic carbocycles. The topological polar surface area (TPSA) is 87.5 Å². The minimum Gasteiger partial charge on any atom is -0.399 e. The minimum atomic E-state index is -0.536. The van der Waals surface area contributed by atoms with Crippen molar-refractivity contribution in [3.8, 4) is 0 Å². The van der Waals surface area contributed by atoms with Gasteiger partial charge in [0.15, 0.2) is 0 Å². The average Bonchev–Trinajstić information content (AvgIpc) is 2.40. The van der Waals surface area contributed by atoms with Crippen LogP contribution in [0.2, 0.25) is 0 Å². The first kappa shape index (κ1) is 15.9. The van der Waals surface area contributed by atoms with Gasteiger partial charge in [0.05, 0.1) is 12.2 Å². The van der Waals surface area contributed by atoms with E-state index in [1.165, 1.54) is 18.2 Å². The predicted octanol–water partition coefficient (Wildman–Crippen LogP) is 0.414. The Morgan fingerprint density at radius 3 is 2.70 bits per heavy atom. The molecule has 0 aromatic heterocycles. The summed E-state index contributed by atoms with van der Waals surface area (Å²) in [6, 6.07) is 3.98. The summed E-state index contributed by atoms with van der Waals surface area (Å²) >= 11 is 0. The first-order valence-electron chi connectivity index (χ1n) is 6.16. The summed E-state index contributed by atoms with van der Waals surface area (Å²) in [5.74, 6) is -1.00. The number of amides is 2. The van der Waals surface area contributed by atoms with Crippen LogP contribution in [0.15, 0.2) is 18.2 Å². The number of carbonyl (C=O) groups is 2. The van der Waals surface area contributed by atoms with Gasteiger partial charge in [0.1, 0.15) is 5.82 Å². The summed E-state index contributed by atoms with van der Waals surface area (Å²) in [7, 11) is 3.27. The zero-order valence-corrected chi connectivity index (χ0v) is 11.6. The second kappa shape index (κ2) is 7.44. The van der Waals surface area contributed by atoms with E-state index in [-0.39, 0.29) is 30.5 Å². The van der Waals surface area contributed by atoms with Crippen molar-refractivity contribution < 1.29 is 14.0 Å². The molecule has 6 nitrogen and oxygen atoms in total. The molecule has 0 aliphatic heterocycles. The maximum atomic E-state index is 13.4. The monoisotopic (exact) mass is 282 g/mol. The van der Waals surface area contributed by atoms with Gasteiger partial charge in [0, 0.05) is 25.7 Å². The highest BCUT2D eigenvalue weighted by molar-refractivity contribution is 5.91. The fraction of sp³-hybridized carbons (Fsp3) is 0.385. The lowest BCUT2D eigenvalue weighted by Gasteiger charge is -2.15. The maximum Gasteiger partial charge on any atom is 0.233 e. The molecule has 4 N–H and O–H groups in total. The molecule has 0 atom stereocenters. The first-order chi connectivity index (χ1) is 9.42. The molecule has 0 aliphatic carbocycles. The van der Waals surface area contributed by atoms with Gasteiger partial charge in [-0.1, -0.05) is 0 Å². The van der Waals surface area contributed by atoms with Gasteiger partial charge in [-0.05, 0) is 25.2 Å². The largest absolute Gasteiger partial charge is 0.399 e. The van der Waals surface area contributed by atoms with Gasteiger partial charge in [-0.15, -0.1) is 0 Å². The van der Waals surface area contributed by atoms with E-state index in [1.807, 2.05) is 0 Å². The van der Waals surface area contributed by atoms with Crippen molar-refractivity contribution in [3.05, 3.63) is 24.0 Å². The van der Waals surface area contributed by atoms with Crippen molar-refractivity contribution in [1.29, 1.82) is 0 Å². The number of likely N-dealkylation sites (N-methyl/N-ethyl adjacent to an activating group) is 2. The maximum absolute atomic E-state index is 13.4. The number of nitrogens with two attached hydrogens (primary N) is 1. The average molecular weight is 282 g/mol. The molecule has 7 heteroatoms. The van der Waals surface area contributed by atoms with Gasteiger partial charge in [0.25, 0.3) is 0 Å². The number of nitrogens with zero attached hydrogens (tertiary/aromatic N) is 1. The van der Waals surface area contributed by atoms with E-state index in [1.54, 1.807) is 19.0 Å². The van der Waals surface area contributed by atoms with Gasteiger partial charge >= 0.3 is 0 Å². The van der Waals surface area contributed by atoms with Gasteiger partial charge < -0.3 is 16.4 Å². The van der Waals surface area contributed by atoms with Crippen molar-refractivity contribution in [1.82, 2.24) is 10.2 Å². The Kier molecular flexibility index (Phi) is 5.92. The summed E-state index contributed by atoms with van der Waals surface area (Å²) in [5.41, 5.74) is 5.96. The Hall–Kier alpha value is -2.15. The molecule has 0 bridgehead atoms. The standard InChI is InChI=1S/C13H19FN4O2/c1-16-13(20)8-18(2)6-5-12(19)17-11-7-9(15)3-4-10(11)14/h3-4,7H,5-6,8,15H2,1-2H3,(H,16,20)(H,17,19). The Balaban J connectivity index is 2.44. The van der Waals surface area contributed by atoms with Crippen LogP contribution in [0.3, 0.4) is 0 Å². The molecule has 2 amide bonds. The number of anilines is 2. The molecule has 0 fully saturated rings. The highest BCUT2D eigenvalue weighted by atomic mass is 19.1. The van der Waals surface area contributed by atoms with Crippen LogP contribution >= 0.6 is 0 Å². The lowest BCUT2D eigenvalue weighted by molar-refractivity contribution is -0.122. The molecule has 20 heavy (non-hydrogen) atoms. The van der Waals surface area contributed by atoms with E-state index in [4.69, 9.17) is 5.73 Å². The number of halogens is 1. The van der Waals surface area contributed by atoms with E-state index in [0.717, 1.165) is 0 Å². The number of nitrogen functional groups attached to an aromatic ring is 1. The van der Waals surface area contributed by atoms with Gasteiger partial charge in [-0.2, -0.15) is 0 Å². The molecule has 110 valence electrons. The predicted molar refractivity (Wildman–Crippen MR) is 75.6 cm³/mol. The summed E-state index contributed by atoms with van der Waals surface area (Å²) in [6.45, 7) is 0.597. The molecule has 0 spiro atoms. The van der Waals surface area contributed by atoms with Gasteiger partial charge in [0.2, 0.25) is 11.8 Å². The number of rotatable bonds is 6. The summed E-state index contributed by atoms with van der Waals surface area (Å²) in [5, 5.41) is 4.94. The van der Waals surface area contributed by atoms with E-state index in [9.17, 15) is 14.0 Å².